The van der Waals surface area contributed by atoms with Gasteiger partial charge in [-0.1, -0.05) is 19.1 Å². The van der Waals surface area contributed by atoms with E-state index in [-0.39, 0.29) is 0 Å². The van der Waals surface area contributed by atoms with Crippen molar-refractivity contribution >= 4 is 5.69 Å². The Bertz CT molecular complexity index is 468. The Morgan fingerprint density at radius 1 is 1.39 bits per heavy atom. The summed E-state index contributed by atoms with van der Waals surface area (Å²) in [6.07, 6.45) is 2.79. The number of aromatic amines is 1. The van der Waals surface area contributed by atoms with Gasteiger partial charge in [0.15, 0.2) is 0 Å². The van der Waals surface area contributed by atoms with Gasteiger partial charge in [0.25, 0.3) is 0 Å². The van der Waals surface area contributed by atoms with Crippen molar-refractivity contribution in [3.05, 3.63) is 36.5 Å². The first-order chi connectivity index (χ1) is 8.83. The van der Waals surface area contributed by atoms with E-state index in [1.807, 2.05) is 12.1 Å². The second-order valence-corrected chi connectivity index (χ2v) is 4.26. The predicted octanol–water partition coefficient (Wildman–Crippen LogP) is 2.91. The van der Waals surface area contributed by atoms with Crippen LogP contribution in [0.1, 0.15) is 13.3 Å². The number of nitrogens with one attached hydrogen (secondary N) is 2. The number of ether oxygens (including phenoxy) is 1. The molecule has 0 saturated carbocycles. The molecular weight excluding hydrogens is 226 g/mol. The van der Waals surface area contributed by atoms with Gasteiger partial charge in [0, 0.05) is 30.6 Å². The number of nitrogens with zero attached hydrogens (tertiary/aromatic N) is 1. The maximum Gasteiger partial charge on any atom is 0.0663 e. The SMILES string of the molecule is CCC(COC)Nc1cccc(-c2ccn[nH]2)c1. The number of rotatable bonds is 6. The number of H-pyrrole nitrogens is 1. The molecule has 1 aromatic heterocycles. The van der Waals surface area contributed by atoms with Crippen LogP contribution in [0.25, 0.3) is 11.3 Å². The fraction of sp³-hybridized carbons (Fsp3) is 0.357. The van der Waals surface area contributed by atoms with Crippen LogP contribution in [-0.4, -0.2) is 30.0 Å². The van der Waals surface area contributed by atoms with Crippen molar-refractivity contribution in [2.24, 2.45) is 0 Å². The zero-order valence-electron chi connectivity index (χ0n) is 10.8. The molecule has 1 atom stereocenters. The first kappa shape index (κ1) is 12.6. The van der Waals surface area contributed by atoms with Crippen molar-refractivity contribution in [2.45, 2.75) is 19.4 Å². The van der Waals surface area contributed by atoms with E-state index in [1.54, 1.807) is 13.3 Å². The Hall–Kier alpha value is -1.81. The molecule has 2 rings (SSSR count). The summed E-state index contributed by atoms with van der Waals surface area (Å²) >= 11 is 0. The Kier molecular flexibility index (Phi) is 4.36. The van der Waals surface area contributed by atoms with Gasteiger partial charge in [-0.2, -0.15) is 5.10 Å². The summed E-state index contributed by atoms with van der Waals surface area (Å²) in [5.41, 5.74) is 3.26. The molecule has 0 spiro atoms. The lowest BCUT2D eigenvalue weighted by Gasteiger charge is -2.17. The fourth-order valence-corrected chi connectivity index (χ4v) is 1.89. The average molecular weight is 245 g/mol. The molecule has 1 aromatic carbocycles. The van der Waals surface area contributed by atoms with Crippen molar-refractivity contribution in [2.75, 3.05) is 19.0 Å². The molecule has 2 aromatic rings. The lowest BCUT2D eigenvalue weighted by atomic mass is 10.1. The zero-order chi connectivity index (χ0) is 12.8. The van der Waals surface area contributed by atoms with E-state index in [9.17, 15) is 0 Å². The van der Waals surface area contributed by atoms with Crippen molar-refractivity contribution in [1.29, 1.82) is 0 Å². The predicted molar refractivity (Wildman–Crippen MR) is 73.6 cm³/mol. The molecule has 4 heteroatoms. The lowest BCUT2D eigenvalue weighted by molar-refractivity contribution is 0.184. The van der Waals surface area contributed by atoms with E-state index in [1.165, 1.54) is 0 Å². The van der Waals surface area contributed by atoms with Crippen molar-refractivity contribution < 1.29 is 4.74 Å². The van der Waals surface area contributed by atoms with E-state index >= 15 is 0 Å². The summed E-state index contributed by atoms with van der Waals surface area (Å²) in [6.45, 7) is 2.86. The maximum atomic E-state index is 5.19. The molecule has 96 valence electrons. The molecule has 1 heterocycles. The Balaban J connectivity index is 2.12. The van der Waals surface area contributed by atoms with Crippen molar-refractivity contribution in [1.82, 2.24) is 10.2 Å². The Morgan fingerprint density at radius 3 is 2.94 bits per heavy atom. The molecular formula is C14H19N3O. The molecule has 4 nitrogen and oxygen atoms in total. The minimum Gasteiger partial charge on any atom is -0.383 e. The number of aromatic nitrogens is 2. The third-order valence-electron chi connectivity index (χ3n) is 2.91. The Labute approximate surface area is 107 Å². The van der Waals surface area contributed by atoms with Gasteiger partial charge in [-0.3, -0.25) is 5.10 Å². The van der Waals surface area contributed by atoms with Crippen LogP contribution in [0, 0.1) is 0 Å². The van der Waals surface area contributed by atoms with Crippen LogP contribution in [-0.2, 0) is 4.74 Å². The topological polar surface area (TPSA) is 49.9 Å². The minimum absolute atomic E-state index is 0.340. The molecule has 1 unspecified atom stereocenters. The lowest BCUT2D eigenvalue weighted by Crippen LogP contribution is -2.23. The molecule has 0 radical (unpaired) electrons. The van der Waals surface area contributed by atoms with Gasteiger partial charge in [0.1, 0.15) is 0 Å². The van der Waals surface area contributed by atoms with E-state index in [0.29, 0.717) is 12.6 Å². The fourth-order valence-electron chi connectivity index (χ4n) is 1.89. The highest BCUT2D eigenvalue weighted by atomic mass is 16.5. The molecule has 0 fully saturated rings. The molecule has 0 saturated heterocycles. The summed E-state index contributed by atoms with van der Waals surface area (Å²) in [5.74, 6) is 0. The number of methoxy groups -OCH3 is 1. The van der Waals surface area contributed by atoms with Crippen LogP contribution in [0.5, 0.6) is 0 Å². The molecule has 0 aliphatic heterocycles. The summed E-state index contributed by atoms with van der Waals surface area (Å²) < 4.78 is 5.19. The van der Waals surface area contributed by atoms with Crippen LogP contribution in [0.15, 0.2) is 36.5 Å². The van der Waals surface area contributed by atoms with Crippen LogP contribution in [0.3, 0.4) is 0 Å². The van der Waals surface area contributed by atoms with Gasteiger partial charge in [-0.15, -0.1) is 0 Å². The second-order valence-electron chi connectivity index (χ2n) is 4.26. The Morgan fingerprint density at radius 2 is 2.28 bits per heavy atom. The van der Waals surface area contributed by atoms with Gasteiger partial charge >= 0.3 is 0 Å². The number of anilines is 1. The smallest absolute Gasteiger partial charge is 0.0663 e. The standard InChI is InChI=1S/C14H19N3O/c1-3-12(10-18-2)16-13-6-4-5-11(9-13)14-7-8-15-17-14/h4-9,12,16H,3,10H2,1-2H3,(H,15,17). The highest BCUT2D eigenvalue weighted by molar-refractivity contribution is 5.64. The van der Waals surface area contributed by atoms with Gasteiger partial charge in [-0.05, 0) is 24.6 Å². The summed E-state index contributed by atoms with van der Waals surface area (Å²) in [4.78, 5) is 0. The summed E-state index contributed by atoms with van der Waals surface area (Å²) in [7, 11) is 1.73. The number of hydrogen-bond donors (Lipinski definition) is 2. The third kappa shape index (κ3) is 3.11. The highest BCUT2D eigenvalue weighted by Gasteiger charge is 2.06. The van der Waals surface area contributed by atoms with E-state index < -0.39 is 0 Å². The number of benzene rings is 1. The number of hydrogen-bond acceptors (Lipinski definition) is 3. The first-order valence-electron chi connectivity index (χ1n) is 6.18. The van der Waals surface area contributed by atoms with Gasteiger partial charge in [0.2, 0.25) is 0 Å². The largest absolute Gasteiger partial charge is 0.383 e. The molecule has 0 aliphatic rings. The third-order valence-corrected chi connectivity index (χ3v) is 2.91. The van der Waals surface area contributed by atoms with E-state index in [4.69, 9.17) is 4.74 Å². The van der Waals surface area contributed by atoms with Crippen LogP contribution in [0.4, 0.5) is 5.69 Å². The second kappa shape index (κ2) is 6.21. The van der Waals surface area contributed by atoms with Crippen LogP contribution < -0.4 is 5.32 Å². The molecule has 0 aliphatic carbocycles. The molecule has 0 amide bonds. The quantitative estimate of drug-likeness (QED) is 0.822. The monoisotopic (exact) mass is 245 g/mol. The highest BCUT2D eigenvalue weighted by Crippen LogP contribution is 2.21. The molecule has 0 bridgehead atoms. The van der Waals surface area contributed by atoms with Gasteiger partial charge in [0.05, 0.1) is 12.3 Å². The van der Waals surface area contributed by atoms with Crippen molar-refractivity contribution in [3.8, 4) is 11.3 Å². The zero-order valence-corrected chi connectivity index (χ0v) is 10.8. The maximum absolute atomic E-state index is 5.19. The van der Waals surface area contributed by atoms with Crippen molar-refractivity contribution in [3.63, 3.8) is 0 Å². The van der Waals surface area contributed by atoms with E-state index in [0.717, 1.165) is 23.4 Å². The summed E-state index contributed by atoms with van der Waals surface area (Å²) in [5, 5.41) is 10.4. The van der Waals surface area contributed by atoms with Crippen LogP contribution in [0.2, 0.25) is 0 Å². The van der Waals surface area contributed by atoms with Gasteiger partial charge in [-0.25, -0.2) is 0 Å². The van der Waals surface area contributed by atoms with Crippen LogP contribution >= 0.6 is 0 Å². The first-order valence-corrected chi connectivity index (χ1v) is 6.18. The molecule has 18 heavy (non-hydrogen) atoms. The van der Waals surface area contributed by atoms with E-state index in [2.05, 4.69) is 40.6 Å². The average Bonchev–Trinajstić information content (AvgIpc) is 2.92. The normalized spacial score (nSPS) is 12.3. The van der Waals surface area contributed by atoms with Gasteiger partial charge < -0.3 is 10.1 Å². The minimum atomic E-state index is 0.340. The summed E-state index contributed by atoms with van der Waals surface area (Å²) in [6, 6.07) is 10.6. The molecule has 2 N–H and O–H groups in total.